The van der Waals surface area contributed by atoms with Crippen molar-refractivity contribution < 1.29 is 9.21 Å². The Labute approximate surface area is 156 Å². The first-order valence-electron chi connectivity index (χ1n) is 9.17. The lowest BCUT2D eigenvalue weighted by molar-refractivity contribution is -0.135. The molecule has 1 aliphatic heterocycles. The third-order valence-electron chi connectivity index (χ3n) is 5.31. The van der Waals surface area contributed by atoms with Crippen molar-refractivity contribution in [2.45, 2.75) is 18.8 Å². The van der Waals surface area contributed by atoms with Gasteiger partial charge >= 0.3 is 0 Å². The maximum atomic E-state index is 12.4. The number of rotatable bonds is 5. The SMILES string of the molecule is O=C(CCc1ccc[nH]1)N1CC(c2ncn3ccc(-c4ccoc4)cc23)C1. The molecule has 4 aromatic rings. The van der Waals surface area contributed by atoms with Crippen LogP contribution in [0.4, 0.5) is 0 Å². The summed E-state index contributed by atoms with van der Waals surface area (Å²) in [6.45, 7) is 1.48. The lowest BCUT2D eigenvalue weighted by Crippen LogP contribution is -2.48. The molecule has 0 aliphatic carbocycles. The number of aromatic amines is 1. The summed E-state index contributed by atoms with van der Waals surface area (Å²) < 4.78 is 7.23. The van der Waals surface area contributed by atoms with Crippen molar-refractivity contribution in [3.05, 3.63) is 73.0 Å². The number of H-pyrrole nitrogens is 1. The van der Waals surface area contributed by atoms with E-state index in [0.717, 1.165) is 47.5 Å². The zero-order valence-corrected chi connectivity index (χ0v) is 14.8. The van der Waals surface area contributed by atoms with Crippen molar-refractivity contribution in [1.82, 2.24) is 19.3 Å². The van der Waals surface area contributed by atoms with Crippen LogP contribution in [-0.4, -0.2) is 38.3 Å². The minimum absolute atomic E-state index is 0.212. The average molecular weight is 360 g/mol. The highest BCUT2D eigenvalue weighted by Crippen LogP contribution is 2.31. The van der Waals surface area contributed by atoms with Crippen molar-refractivity contribution in [3.63, 3.8) is 0 Å². The number of aromatic nitrogens is 3. The first-order chi connectivity index (χ1) is 13.3. The van der Waals surface area contributed by atoms with Crippen LogP contribution in [0.15, 0.2) is 66.0 Å². The highest BCUT2D eigenvalue weighted by molar-refractivity contribution is 5.78. The number of fused-ring (bicyclic) bond motifs is 1. The summed E-state index contributed by atoms with van der Waals surface area (Å²) in [7, 11) is 0. The fourth-order valence-electron chi connectivity index (χ4n) is 3.71. The Kier molecular flexibility index (Phi) is 3.81. The van der Waals surface area contributed by atoms with Gasteiger partial charge in [0.1, 0.15) is 0 Å². The highest BCUT2D eigenvalue weighted by atomic mass is 16.3. The van der Waals surface area contributed by atoms with Crippen LogP contribution in [0.1, 0.15) is 23.7 Å². The predicted molar refractivity (Wildman–Crippen MR) is 101 cm³/mol. The van der Waals surface area contributed by atoms with E-state index in [9.17, 15) is 4.79 Å². The quantitative estimate of drug-likeness (QED) is 0.592. The number of carbonyl (C=O) groups excluding carboxylic acids is 1. The number of aryl methyl sites for hydroxylation is 1. The number of amides is 1. The van der Waals surface area contributed by atoms with E-state index in [1.165, 1.54) is 0 Å². The molecule has 4 aromatic heterocycles. The normalized spacial score (nSPS) is 14.6. The van der Waals surface area contributed by atoms with E-state index in [4.69, 9.17) is 4.42 Å². The number of furan rings is 1. The van der Waals surface area contributed by atoms with Crippen molar-refractivity contribution >= 4 is 11.4 Å². The van der Waals surface area contributed by atoms with Crippen LogP contribution in [-0.2, 0) is 11.2 Å². The summed E-state index contributed by atoms with van der Waals surface area (Å²) in [6.07, 6.45) is 10.5. The van der Waals surface area contributed by atoms with E-state index in [2.05, 4.69) is 22.1 Å². The fraction of sp³-hybridized carbons (Fsp3) is 0.238. The van der Waals surface area contributed by atoms with Gasteiger partial charge in [0, 0.05) is 49.1 Å². The first kappa shape index (κ1) is 15.9. The molecule has 0 bridgehead atoms. The topological polar surface area (TPSA) is 66.5 Å². The van der Waals surface area contributed by atoms with Crippen molar-refractivity contribution in [2.75, 3.05) is 13.1 Å². The zero-order chi connectivity index (χ0) is 18.2. The number of pyridine rings is 1. The monoisotopic (exact) mass is 360 g/mol. The van der Waals surface area contributed by atoms with Crippen LogP contribution in [0, 0.1) is 0 Å². The molecule has 5 rings (SSSR count). The number of imidazole rings is 1. The molecule has 0 saturated carbocycles. The van der Waals surface area contributed by atoms with Gasteiger partial charge in [0.05, 0.1) is 30.1 Å². The van der Waals surface area contributed by atoms with Crippen LogP contribution >= 0.6 is 0 Å². The third-order valence-corrected chi connectivity index (χ3v) is 5.31. The van der Waals surface area contributed by atoms with E-state index in [-0.39, 0.29) is 5.91 Å². The van der Waals surface area contributed by atoms with Crippen molar-refractivity contribution in [3.8, 4) is 11.1 Å². The Balaban J connectivity index is 1.28. The van der Waals surface area contributed by atoms with Crippen molar-refractivity contribution in [2.24, 2.45) is 0 Å². The van der Waals surface area contributed by atoms with Crippen LogP contribution in [0.5, 0.6) is 0 Å². The molecule has 27 heavy (non-hydrogen) atoms. The van der Waals surface area contributed by atoms with Gasteiger partial charge in [-0.3, -0.25) is 4.79 Å². The number of nitrogens with one attached hydrogen (secondary N) is 1. The van der Waals surface area contributed by atoms with Gasteiger partial charge in [-0.1, -0.05) is 0 Å². The number of hydrogen-bond acceptors (Lipinski definition) is 3. The second kappa shape index (κ2) is 6.46. The molecule has 1 fully saturated rings. The molecule has 1 amide bonds. The average Bonchev–Trinajstić information content (AvgIpc) is 3.40. The number of nitrogens with zero attached hydrogens (tertiary/aromatic N) is 3. The molecular formula is C21H20N4O2. The minimum Gasteiger partial charge on any atom is -0.472 e. The Morgan fingerprint density at radius 1 is 1.26 bits per heavy atom. The van der Waals surface area contributed by atoms with Gasteiger partial charge in [0.2, 0.25) is 5.91 Å². The summed E-state index contributed by atoms with van der Waals surface area (Å²) >= 11 is 0. The molecule has 0 aromatic carbocycles. The predicted octanol–water partition coefficient (Wildman–Crippen LogP) is 3.48. The second-order valence-electron chi connectivity index (χ2n) is 7.04. The largest absolute Gasteiger partial charge is 0.472 e. The Bertz CT molecular complexity index is 1060. The fourth-order valence-corrected chi connectivity index (χ4v) is 3.71. The summed E-state index contributed by atoms with van der Waals surface area (Å²) in [5, 5.41) is 0. The van der Waals surface area contributed by atoms with Crippen LogP contribution in [0.25, 0.3) is 16.6 Å². The summed E-state index contributed by atoms with van der Waals surface area (Å²) in [5.41, 5.74) is 5.42. The highest BCUT2D eigenvalue weighted by Gasteiger charge is 2.33. The van der Waals surface area contributed by atoms with Gasteiger partial charge in [-0.25, -0.2) is 4.98 Å². The van der Waals surface area contributed by atoms with Crippen molar-refractivity contribution in [1.29, 1.82) is 0 Å². The van der Waals surface area contributed by atoms with Crippen LogP contribution in [0.2, 0.25) is 0 Å². The molecule has 1 N–H and O–H groups in total. The summed E-state index contributed by atoms with van der Waals surface area (Å²) in [5.74, 6) is 0.507. The van der Waals surface area contributed by atoms with Gasteiger partial charge in [-0.05, 0) is 42.3 Å². The van der Waals surface area contributed by atoms with Crippen LogP contribution < -0.4 is 0 Å². The Hall–Kier alpha value is -3.28. The maximum Gasteiger partial charge on any atom is 0.223 e. The zero-order valence-electron chi connectivity index (χ0n) is 14.8. The molecule has 6 heteroatoms. The third kappa shape index (κ3) is 2.93. The molecule has 0 spiro atoms. The molecule has 136 valence electrons. The van der Waals surface area contributed by atoms with E-state index in [1.54, 1.807) is 12.5 Å². The molecule has 6 nitrogen and oxygen atoms in total. The Morgan fingerprint density at radius 2 is 2.19 bits per heavy atom. The van der Waals surface area contributed by atoms with E-state index < -0.39 is 0 Å². The molecule has 0 unspecified atom stereocenters. The molecular weight excluding hydrogens is 340 g/mol. The molecule has 0 atom stereocenters. The van der Waals surface area contributed by atoms with E-state index in [0.29, 0.717) is 12.3 Å². The maximum absolute atomic E-state index is 12.4. The number of hydrogen-bond donors (Lipinski definition) is 1. The van der Waals surface area contributed by atoms with E-state index in [1.807, 2.05) is 46.2 Å². The lowest BCUT2D eigenvalue weighted by atomic mass is 9.94. The second-order valence-corrected chi connectivity index (χ2v) is 7.04. The van der Waals surface area contributed by atoms with Crippen LogP contribution in [0.3, 0.4) is 0 Å². The summed E-state index contributed by atoms with van der Waals surface area (Å²) in [4.78, 5) is 22.1. The summed E-state index contributed by atoms with van der Waals surface area (Å²) in [6, 6.07) is 10.1. The van der Waals surface area contributed by atoms with Gasteiger partial charge in [-0.15, -0.1) is 0 Å². The first-order valence-corrected chi connectivity index (χ1v) is 9.17. The smallest absolute Gasteiger partial charge is 0.223 e. The lowest BCUT2D eigenvalue weighted by Gasteiger charge is -2.38. The van der Waals surface area contributed by atoms with Gasteiger partial charge < -0.3 is 18.7 Å². The standard InChI is InChI=1S/C21H20N4O2/c26-20(4-3-18-2-1-7-22-18)25-11-17(12-25)21-19-10-15(16-6-9-27-13-16)5-8-24(19)14-23-21/h1-2,5-10,13-14,17,22H,3-4,11-12H2. The van der Waals surface area contributed by atoms with Gasteiger partial charge in [0.25, 0.3) is 0 Å². The molecule has 1 aliphatic rings. The number of likely N-dealkylation sites (tertiary alicyclic amines) is 1. The Morgan fingerprint density at radius 3 is 2.96 bits per heavy atom. The number of carbonyl (C=O) groups is 1. The van der Waals surface area contributed by atoms with E-state index >= 15 is 0 Å². The molecule has 0 radical (unpaired) electrons. The minimum atomic E-state index is 0.212. The van der Waals surface area contributed by atoms with Gasteiger partial charge in [0.15, 0.2) is 0 Å². The van der Waals surface area contributed by atoms with Gasteiger partial charge in [-0.2, -0.15) is 0 Å². The molecule has 5 heterocycles. The molecule has 1 saturated heterocycles.